The maximum absolute atomic E-state index is 6.81. The summed E-state index contributed by atoms with van der Waals surface area (Å²) < 4.78 is 5.52. The third-order valence-corrected chi connectivity index (χ3v) is 6.37. The second-order valence-electron chi connectivity index (χ2n) is 7.77. The first-order valence-electron chi connectivity index (χ1n) is 8.14. The van der Waals surface area contributed by atoms with Crippen molar-refractivity contribution in [3.05, 3.63) is 11.7 Å². The van der Waals surface area contributed by atoms with Crippen molar-refractivity contribution in [3.8, 4) is 0 Å². The van der Waals surface area contributed by atoms with E-state index in [1.54, 1.807) is 0 Å². The van der Waals surface area contributed by atoms with Gasteiger partial charge in [0.25, 0.3) is 0 Å². The van der Waals surface area contributed by atoms with Crippen LogP contribution in [0.1, 0.15) is 64.1 Å². The molecule has 1 aromatic heterocycles. The van der Waals surface area contributed by atoms with E-state index < -0.39 is 5.54 Å². The zero-order valence-corrected chi connectivity index (χ0v) is 12.6. The first-order chi connectivity index (χ1) is 9.52. The highest BCUT2D eigenvalue weighted by atomic mass is 16.5. The molecular weight excluding hydrogens is 250 g/mol. The molecule has 4 heteroatoms. The van der Waals surface area contributed by atoms with Crippen molar-refractivity contribution in [3.63, 3.8) is 0 Å². The van der Waals surface area contributed by atoms with Gasteiger partial charge in [0, 0.05) is 6.42 Å². The Hall–Kier alpha value is -0.900. The highest BCUT2D eigenvalue weighted by molar-refractivity contribution is 5.15. The molecule has 20 heavy (non-hydrogen) atoms. The minimum atomic E-state index is -0.469. The Morgan fingerprint density at radius 2 is 1.75 bits per heavy atom. The minimum absolute atomic E-state index is 0.194. The number of aryl methyl sites for hydroxylation is 1. The molecule has 1 heterocycles. The molecule has 1 aromatic rings. The normalized spacial score (nSPS) is 41.9. The van der Waals surface area contributed by atoms with Crippen molar-refractivity contribution >= 4 is 0 Å². The van der Waals surface area contributed by atoms with Crippen LogP contribution in [-0.2, 0) is 12.0 Å². The molecule has 5 rings (SSSR count). The molecule has 1 unspecified atom stereocenters. The summed E-state index contributed by atoms with van der Waals surface area (Å²) in [5, 5.41) is 4.06. The van der Waals surface area contributed by atoms with Gasteiger partial charge >= 0.3 is 0 Å². The lowest BCUT2D eigenvalue weighted by molar-refractivity contribution is -0.102. The number of rotatable bonds is 3. The molecule has 0 saturated heterocycles. The molecule has 4 aliphatic rings. The minimum Gasteiger partial charge on any atom is -0.337 e. The van der Waals surface area contributed by atoms with Crippen LogP contribution in [-0.4, -0.2) is 10.1 Å². The molecule has 0 spiro atoms. The summed E-state index contributed by atoms with van der Waals surface area (Å²) in [6.45, 7) is 4.18. The molecule has 0 radical (unpaired) electrons. The van der Waals surface area contributed by atoms with Gasteiger partial charge in [0.05, 0.1) is 5.54 Å². The Bertz CT molecular complexity index is 484. The average molecular weight is 275 g/mol. The smallest absolute Gasteiger partial charge is 0.247 e. The molecule has 0 aliphatic heterocycles. The molecule has 4 nitrogen and oxygen atoms in total. The van der Waals surface area contributed by atoms with Gasteiger partial charge in [-0.2, -0.15) is 4.98 Å². The fraction of sp³-hybridized carbons (Fsp3) is 0.875. The largest absolute Gasteiger partial charge is 0.337 e. The molecule has 1 atom stereocenters. The zero-order chi connectivity index (χ0) is 14.0. The summed E-state index contributed by atoms with van der Waals surface area (Å²) in [5.74, 6) is 4.10. The van der Waals surface area contributed by atoms with Gasteiger partial charge in [-0.15, -0.1) is 0 Å². The highest BCUT2D eigenvalue weighted by Crippen LogP contribution is 2.64. The summed E-state index contributed by atoms with van der Waals surface area (Å²) in [7, 11) is 0. The Balaban J connectivity index is 1.71. The van der Waals surface area contributed by atoms with E-state index in [1.165, 1.54) is 38.5 Å². The van der Waals surface area contributed by atoms with E-state index in [0.29, 0.717) is 5.89 Å². The fourth-order valence-electron chi connectivity index (χ4n) is 5.58. The van der Waals surface area contributed by atoms with Crippen LogP contribution in [0.25, 0.3) is 0 Å². The van der Waals surface area contributed by atoms with Crippen LogP contribution in [0, 0.1) is 23.2 Å². The van der Waals surface area contributed by atoms with E-state index in [1.807, 2.05) is 6.92 Å². The lowest BCUT2D eigenvalue weighted by Gasteiger charge is -2.61. The number of nitrogens with zero attached hydrogens (tertiary/aromatic N) is 2. The third kappa shape index (κ3) is 1.63. The lowest BCUT2D eigenvalue weighted by Crippen LogP contribution is -2.59. The summed E-state index contributed by atoms with van der Waals surface area (Å²) in [6.07, 6.45) is 8.88. The predicted octanol–water partition coefficient (Wildman–Crippen LogP) is 3.02. The Kier molecular flexibility index (Phi) is 2.60. The SMILES string of the molecule is CCc1noc(C(C)(N)C23CC4CC(CC(C4)C2)C3)n1. The second-order valence-corrected chi connectivity index (χ2v) is 7.77. The first-order valence-corrected chi connectivity index (χ1v) is 8.14. The van der Waals surface area contributed by atoms with Crippen LogP contribution in [0.3, 0.4) is 0 Å². The van der Waals surface area contributed by atoms with Gasteiger partial charge in [-0.1, -0.05) is 12.1 Å². The first kappa shape index (κ1) is 12.8. The number of hydrogen-bond acceptors (Lipinski definition) is 4. The standard InChI is InChI=1S/C16H25N3O/c1-3-13-18-14(20-19-13)15(2,17)16-7-10-4-11(8-16)6-12(5-10)9-16/h10-12H,3-9,17H2,1-2H3. The number of aromatic nitrogens is 2. The van der Waals surface area contributed by atoms with E-state index in [2.05, 4.69) is 17.1 Å². The summed E-state index contributed by atoms with van der Waals surface area (Å²) in [4.78, 5) is 4.55. The van der Waals surface area contributed by atoms with Crippen molar-refractivity contribution < 1.29 is 4.52 Å². The summed E-state index contributed by atoms with van der Waals surface area (Å²) in [6, 6.07) is 0. The molecule has 110 valence electrons. The van der Waals surface area contributed by atoms with Crippen molar-refractivity contribution in [2.45, 2.75) is 64.3 Å². The Morgan fingerprint density at radius 1 is 1.20 bits per heavy atom. The van der Waals surface area contributed by atoms with Crippen LogP contribution in [0.5, 0.6) is 0 Å². The van der Waals surface area contributed by atoms with Crippen LogP contribution in [0.15, 0.2) is 4.52 Å². The van der Waals surface area contributed by atoms with Crippen molar-refractivity contribution in [2.75, 3.05) is 0 Å². The molecule has 0 amide bonds. The van der Waals surface area contributed by atoms with Gasteiger partial charge in [0.1, 0.15) is 0 Å². The maximum Gasteiger partial charge on any atom is 0.247 e. The molecule has 4 bridgehead atoms. The van der Waals surface area contributed by atoms with Gasteiger partial charge in [-0.05, 0) is 68.6 Å². The van der Waals surface area contributed by atoms with Crippen LogP contribution in [0.4, 0.5) is 0 Å². The maximum atomic E-state index is 6.81. The van der Waals surface area contributed by atoms with E-state index in [0.717, 1.165) is 30.0 Å². The van der Waals surface area contributed by atoms with Gasteiger partial charge < -0.3 is 10.3 Å². The van der Waals surface area contributed by atoms with Crippen LogP contribution >= 0.6 is 0 Å². The third-order valence-electron chi connectivity index (χ3n) is 6.37. The molecule has 4 aliphatic carbocycles. The molecule has 2 N–H and O–H groups in total. The fourth-order valence-corrected chi connectivity index (χ4v) is 5.58. The van der Waals surface area contributed by atoms with E-state index >= 15 is 0 Å². The van der Waals surface area contributed by atoms with E-state index in [-0.39, 0.29) is 5.41 Å². The Labute approximate surface area is 120 Å². The van der Waals surface area contributed by atoms with E-state index in [4.69, 9.17) is 10.3 Å². The summed E-state index contributed by atoms with van der Waals surface area (Å²) >= 11 is 0. The summed E-state index contributed by atoms with van der Waals surface area (Å²) in [5.41, 5.74) is 6.53. The molecule has 0 aromatic carbocycles. The van der Waals surface area contributed by atoms with Crippen molar-refractivity contribution in [2.24, 2.45) is 28.9 Å². The molecule has 4 fully saturated rings. The van der Waals surface area contributed by atoms with Gasteiger partial charge in [-0.25, -0.2) is 0 Å². The predicted molar refractivity (Wildman–Crippen MR) is 75.8 cm³/mol. The van der Waals surface area contributed by atoms with Crippen molar-refractivity contribution in [1.29, 1.82) is 0 Å². The monoisotopic (exact) mass is 275 g/mol. The van der Waals surface area contributed by atoms with Gasteiger partial charge in [0.2, 0.25) is 5.89 Å². The molecule has 4 saturated carbocycles. The van der Waals surface area contributed by atoms with Crippen molar-refractivity contribution in [1.82, 2.24) is 10.1 Å². The highest BCUT2D eigenvalue weighted by Gasteiger charge is 2.59. The second kappa shape index (κ2) is 4.06. The zero-order valence-electron chi connectivity index (χ0n) is 12.6. The number of hydrogen-bond donors (Lipinski definition) is 1. The van der Waals surface area contributed by atoms with Crippen LogP contribution < -0.4 is 5.73 Å². The van der Waals surface area contributed by atoms with Gasteiger partial charge in [0.15, 0.2) is 5.82 Å². The molecular formula is C16H25N3O. The van der Waals surface area contributed by atoms with E-state index in [9.17, 15) is 0 Å². The van der Waals surface area contributed by atoms with Crippen LogP contribution in [0.2, 0.25) is 0 Å². The lowest BCUT2D eigenvalue weighted by atomic mass is 9.45. The number of nitrogens with two attached hydrogens (primary N) is 1. The topological polar surface area (TPSA) is 64.9 Å². The van der Waals surface area contributed by atoms with Gasteiger partial charge in [-0.3, -0.25) is 0 Å². The quantitative estimate of drug-likeness (QED) is 0.921. The Morgan fingerprint density at radius 3 is 2.20 bits per heavy atom. The average Bonchev–Trinajstić information content (AvgIpc) is 2.86.